The van der Waals surface area contributed by atoms with Crippen molar-refractivity contribution in [2.24, 2.45) is 0 Å². The van der Waals surface area contributed by atoms with Gasteiger partial charge in [0.2, 0.25) is 5.88 Å². The van der Waals surface area contributed by atoms with Gasteiger partial charge in [-0.25, -0.2) is 4.98 Å². The quantitative estimate of drug-likeness (QED) is 0.765. The van der Waals surface area contributed by atoms with Crippen molar-refractivity contribution >= 4 is 24.8 Å². The van der Waals surface area contributed by atoms with Gasteiger partial charge in [0.05, 0.1) is 7.11 Å². The van der Waals surface area contributed by atoms with Crippen molar-refractivity contribution in [3.8, 4) is 5.88 Å². The van der Waals surface area contributed by atoms with Gasteiger partial charge in [-0.2, -0.15) is 0 Å². The fraction of sp³-hybridized carbons (Fsp3) is 0.688. The Labute approximate surface area is 146 Å². The summed E-state index contributed by atoms with van der Waals surface area (Å²) in [5.41, 5.74) is 1.32. The summed E-state index contributed by atoms with van der Waals surface area (Å²) in [5.74, 6) is 0.696. The molecule has 1 N–H and O–H groups in total. The average Bonchev–Trinajstić information content (AvgIpc) is 2.53. The summed E-state index contributed by atoms with van der Waals surface area (Å²) in [7, 11) is 1.66. The highest BCUT2D eigenvalue weighted by Crippen LogP contribution is 2.27. The van der Waals surface area contributed by atoms with E-state index in [9.17, 15) is 0 Å². The van der Waals surface area contributed by atoms with E-state index in [1.165, 1.54) is 31.2 Å². The van der Waals surface area contributed by atoms with Gasteiger partial charge in [-0.05, 0) is 12.0 Å². The lowest BCUT2D eigenvalue weighted by Gasteiger charge is -2.35. The molecular formula is C16H29Cl2N3O. The highest BCUT2D eigenvalue weighted by atomic mass is 35.5. The fourth-order valence-corrected chi connectivity index (χ4v) is 2.85. The van der Waals surface area contributed by atoms with Gasteiger partial charge < -0.3 is 10.1 Å². The zero-order valence-corrected chi connectivity index (χ0v) is 15.2. The number of nitrogens with zero attached hydrogens (tertiary/aromatic N) is 2. The first-order valence-corrected chi connectivity index (χ1v) is 7.80. The minimum Gasteiger partial charge on any atom is -0.481 e. The molecule has 0 spiro atoms. The summed E-state index contributed by atoms with van der Waals surface area (Å²) < 4.78 is 5.16. The van der Waals surface area contributed by atoms with Crippen molar-refractivity contribution in [1.29, 1.82) is 0 Å². The van der Waals surface area contributed by atoms with Crippen molar-refractivity contribution in [3.63, 3.8) is 0 Å². The fourth-order valence-electron chi connectivity index (χ4n) is 2.85. The molecule has 2 rings (SSSR count). The number of hydrogen-bond donors (Lipinski definition) is 1. The second-order valence-electron chi connectivity index (χ2n) is 5.43. The molecule has 1 saturated heterocycles. The second kappa shape index (κ2) is 11.9. The van der Waals surface area contributed by atoms with Crippen molar-refractivity contribution in [1.82, 2.24) is 15.2 Å². The number of nitrogens with one attached hydrogen (secondary N) is 1. The Morgan fingerprint density at radius 2 is 1.95 bits per heavy atom. The average molecular weight is 350 g/mol. The monoisotopic (exact) mass is 349 g/mol. The lowest BCUT2D eigenvalue weighted by Crippen LogP contribution is -2.45. The second-order valence-corrected chi connectivity index (χ2v) is 5.43. The van der Waals surface area contributed by atoms with Crippen LogP contribution in [0.5, 0.6) is 5.88 Å². The van der Waals surface area contributed by atoms with Gasteiger partial charge in [0.1, 0.15) is 0 Å². The number of halogens is 2. The van der Waals surface area contributed by atoms with Crippen molar-refractivity contribution in [2.45, 2.75) is 38.6 Å². The zero-order valence-electron chi connectivity index (χ0n) is 13.6. The predicted octanol–water partition coefficient (Wildman–Crippen LogP) is 3.46. The minimum atomic E-state index is 0. The normalized spacial score (nSPS) is 16.3. The van der Waals surface area contributed by atoms with Crippen LogP contribution in [0.1, 0.15) is 44.2 Å². The number of pyridine rings is 1. The number of ether oxygens (including phenoxy) is 1. The molecule has 1 aliphatic heterocycles. The summed E-state index contributed by atoms with van der Waals surface area (Å²) in [6, 6.07) is 4.65. The van der Waals surface area contributed by atoms with E-state index in [1.54, 1.807) is 7.11 Å². The molecule has 6 heteroatoms. The molecule has 22 heavy (non-hydrogen) atoms. The molecule has 2 heterocycles. The third-order valence-corrected chi connectivity index (χ3v) is 4.03. The van der Waals surface area contributed by atoms with Crippen molar-refractivity contribution in [3.05, 3.63) is 23.9 Å². The highest BCUT2D eigenvalue weighted by molar-refractivity contribution is 5.85. The summed E-state index contributed by atoms with van der Waals surface area (Å²) in [4.78, 5) is 6.97. The molecule has 0 saturated carbocycles. The molecule has 0 aromatic carbocycles. The first-order valence-electron chi connectivity index (χ1n) is 7.80. The largest absolute Gasteiger partial charge is 0.481 e. The van der Waals surface area contributed by atoms with Crippen LogP contribution in [0.25, 0.3) is 0 Å². The van der Waals surface area contributed by atoms with Crippen LogP contribution in [0.2, 0.25) is 0 Å². The van der Waals surface area contributed by atoms with Crippen LogP contribution < -0.4 is 10.1 Å². The van der Waals surface area contributed by atoms with E-state index in [0.29, 0.717) is 11.9 Å². The Bertz CT molecular complexity index is 383. The van der Waals surface area contributed by atoms with Gasteiger partial charge in [0.15, 0.2) is 0 Å². The van der Waals surface area contributed by atoms with Crippen LogP contribution in [-0.2, 0) is 0 Å². The third-order valence-electron chi connectivity index (χ3n) is 4.03. The SMILES string of the molecule is CCCCC[C@@H](c1ccc(OC)nc1)N1CCNCC1.Cl.Cl. The van der Waals surface area contributed by atoms with Crippen LogP contribution in [0.4, 0.5) is 0 Å². The van der Waals surface area contributed by atoms with Crippen LogP contribution in [-0.4, -0.2) is 43.2 Å². The maximum atomic E-state index is 5.16. The molecule has 0 bridgehead atoms. The number of methoxy groups -OCH3 is 1. The van der Waals surface area contributed by atoms with E-state index in [0.717, 1.165) is 26.2 Å². The first kappa shape index (κ1) is 21.4. The van der Waals surface area contributed by atoms with Gasteiger partial charge in [-0.1, -0.05) is 32.3 Å². The molecule has 0 aliphatic carbocycles. The topological polar surface area (TPSA) is 37.4 Å². The number of unbranched alkanes of at least 4 members (excludes halogenated alkanes) is 2. The predicted molar refractivity (Wildman–Crippen MR) is 96.6 cm³/mol. The van der Waals surface area contributed by atoms with Crippen molar-refractivity contribution < 1.29 is 4.74 Å². The summed E-state index contributed by atoms with van der Waals surface area (Å²) in [6.45, 7) is 6.70. The number of rotatable bonds is 7. The Kier molecular flexibility index (Phi) is 11.6. The summed E-state index contributed by atoms with van der Waals surface area (Å²) >= 11 is 0. The van der Waals surface area contributed by atoms with Crippen LogP contribution in [0.15, 0.2) is 18.3 Å². The molecule has 128 valence electrons. The highest BCUT2D eigenvalue weighted by Gasteiger charge is 2.22. The lowest BCUT2D eigenvalue weighted by molar-refractivity contribution is 0.162. The van der Waals surface area contributed by atoms with Gasteiger partial charge in [0.25, 0.3) is 0 Å². The minimum absolute atomic E-state index is 0. The molecule has 0 amide bonds. The lowest BCUT2D eigenvalue weighted by atomic mass is 9.99. The number of piperazine rings is 1. The van der Waals surface area contributed by atoms with E-state index < -0.39 is 0 Å². The maximum Gasteiger partial charge on any atom is 0.212 e. The molecule has 1 aromatic heterocycles. The van der Waals surface area contributed by atoms with E-state index >= 15 is 0 Å². The Balaban J connectivity index is 0.00000220. The molecular weight excluding hydrogens is 321 g/mol. The van der Waals surface area contributed by atoms with Crippen molar-refractivity contribution in [2.75, 3.05) is 33.3 Å². The first-order chi connectivity index (χ1) is 9.85. The van der Waals surface area contributed by atoms with Gasteiger partial charge in [-0.15, -0.1) is 24.8 Å². The van der Waals surface area contributed by atoms with Crippen LogP contribution in [0, 0.1) is 0 Å². The van der Waals surface area contributed by atoms with Crippen LogP contribution >= 0.6 is 24.8 Å². The summed E-state index contributed by atoms with van der Waals surface area (Å²) in [6.07, 6.45) is 7.08. The van der Waals surface area contributed by atoms with Gasteiger partial charge in [0, 0.05) is 44.5 Å². The van der Waals surface area contributed by atoms with E-state index in [1.807, 2.05) is 12.3 Å². The van der Waals surface area contributed by atoms with E-state index in [2.05, 4.69) is 28.2 Å². The maximum absolute atomic E-state index is 5.16. The number of aromatic nitrogens is 1. The molecule has 1 fully saturated rings. The van der Waals surface area contributed by atoms with Gasteiger partial charge >= 0.3 is 0 Å². The van der Waals surface area contributed by atoms with Crippen LogP contribution in [0.3, 0.4) is 0 Å². The Morgan fingerprint density at radius 3 is 2.50 bits per heavy atom. The third kappa shape index (κ3) is 6.29. The smallest absolute Gasteiger partial charge is 0.212 e. The van der Waals surface area contributed by atoms with Gasteiger partial charge in [-0.3, -0.25) is 4.90 Å². The summed E-state index contributed by atoms with van der Waals surface area (Å²) in [5, 5.41) is 3.43. The molecule has 0 unspecified atom stereocenters. The molecule has 1 aromatic rings. The van der Waals surface area contributed by atoms with E-state index in [-0.39, 0.29) is 24.8 Å². The molecule has 0 radical (unpaired) electrons. The molecule has 4 nitrogen and oxygen atoms in total. The standard InChI is InChI=1S/C16H27N3O.2ClH/c1-3-4-5-6-15(19-11-9-17-10-12-19)14-7-8-16(20-2)18-13-14;;/h7-8,13,15,17H,3-6,9-12H2,1-2H3;2*1H/t15-;;/m0../s1. The van der Waals surface area contributed by atoms with E-state index in [4.69, 9.17) is 4.74 Å². The Morgan fingerprint density at radius 1 is 1.23 bits per heavy atom. The Hall–Kier alpha value is -0.550. The molecule has 1 aliphatic rings. The zero-order chi connectivity index (χ0) is 14.2. The molecule has 1 atom stereocenters. The number of hydrogen-bond acceptors (Lipinski definition) is 4.